The first-order chi connectivity index (χ1) is 9.88. The second kappa shape index (κ2) is 8.87. The maximum Gasteiger partial charge on any atom is 0.407 e. The molecule has 0 unspecified atom stereocenters. The fourth-order valence-corrected chi connectivity index (χ4v) is 2.17. The Hall–Kier alpha value is -1.30. The largest absolute Gasteiger partial charge is 0.444 e. The van der Waals surface area contributed by atoms with Crippen LogP contribution in [0, 0.1) is 0 Å². The van der Waals surface area contributed by atoms with Crippen molar-refractivity contribution in [3.05, 3.63) is 0 Å². The Labute approximate surface area is 127 Å². The van der Waals surface area contributed by atoms with E-state index in [0.717, 1.165) is 32.4 Å². The average Bonchev–Trinajstić information content (AvgIpc) is 2.41. The minimum absolute atomic E-state index is 0.176. The number of carbonyl (C=O) groups excluding carboxylic acids is 2. The summed E-state index contributed by atoms with van der Waals surface area (Å²) >= 11 is 0. The lowest BCUT2D eigenvalue weighted by atomic mass is 10.1. The second-order valence-electron chi connectivity index (χ2n) is 6.40. The molecule has 0 aromatic rings. The van der Waals surface area contributed by atoms with Crippen LogP contribution in [0.15, 0.2) is 0 Å². The van der Waals surface area contributed by atoms with Crippen molar-refractivity contribution in [3.8, 4) is 0 Å². The third-order valence-corrected chi connectivity index (χ3v) is 3.18. The average molecular weight is 299 g/mol. The highest BCUT2D eigenvalue weighted by atomic mass is 16.6. The lowest BCUT2D eigenvalue weighted by Crippen LogP contribution is -2.41. The zero-order valence-electron chi connectivity index (χ0n) is 13.5. The van der Waals surface area contributed by atoms with Crippen LogP contribution < -0.4 is 10.6 Å². The molecule has 0 aromatic carbocycles. The zero-order chi connectivity index (χ0) is 15.7. The van der Waals surface area contributed by atoms with Crippen molar-refractivity contribution in [1.29, 1.82) is 0 Å². The van der Waals surface area contributed by atoms with Crippen LogP contribution in [-0.2, 0) is 9.53 Å². The molecule has 6 heteroatoms. The third-order valence-electron chi connectivity index (χ3n) is 3.18. The molecule has 0 spiro atoms. The lowest BCUT2D eigenvalue weighted by molar-refractivity contribution is -0.131. The van der Waals surface area contributed by atoms with E-state index in [1.54, 1.807) is 0 Å². The number of amides is 2. The summed E-state index contributed by atoms with van der Waals surface area (Å²) in [5.41, 5.74) is -0.469. The number of alkyl carbamates (subject to hydrolysis) is 1. The lowest BCUT2D eigenvalue weighted by Gasteiger charge is -2.26. The van der Waals surface area contributed by atoms with E-state index < -0.39 is 11.7 Å². The van der Waals surface area contributed by atoms with Crippen LogP contribution in [-0.4, -0.2) is 55.2 Å². The Bertz CT molecular complexity index is 334. The van der Waals surface area contributed by atoms with Gasteiger partial charge in [0.1, 0.15) is 5.60 Å². The van der Waals surface area contributed by atoms with Gasteiger partial charge in [0.2, 0.25) is 5.91 Å². The molecule has 0 bridgehead atoms. The van der Waals surface area contributed by atoms with Crippen LogP contribution in [0.25, 0.3) is 0 Å². The highest BCUT2D eigenvalue weighted by Gasteiger charge is 2.16. The summed E-state index contributed by atoms with van der Waals surface area (Å²) in [5, 5.41) is 5.82. The first-order valence-corrected chi connectivity index (χ1v) is 7.84. The van der Waals surface area contributed by atoms with Crippen molar-refractivity contribution in [2.24, 2.45) is 0 Å². The predicted octanol–water partition coefficient (Wildman–Crippen LogP) is 1.50. The number of rotatable bonds is 6. The van der Waals surface area contributed by atoms with Crippen LogP contribution in [0.4, 0.5) is 4.79 Å². The van der Waals surface area contributed by atoms with E-state index in [2.05, 4.69) is 10.6 Å². The molecule has 0 aliphatic carbocycles. The van der Waals surface area contributed by atoms with Crippen LogP contribution in [0.2, 0.25) is 0 Å². The number of ether oxygens (including phenoxy) is 1. The third kappa shape index (κ3) is 8.55. The smallest absolute Gasteiger partial charge is 0.407 e. The van der Waals surface area contributed by atoms with Crippen molar-refractivity contribution in [3.63, 3.8) is 0 Å². The maximum atomic E-state index is 11.9. The summed E-state index contributed by atoms with van der Waals surface area (Å²) in [6.07, 6.45) is 3.84. The van der Waals surface area contributed by atoms with Gasteiger partial charge in [-0.15, -0.1) is 0 Å². The second-order valence-corrected chi connectivity index (χ2v) is 6.40. The Morgan fingerprint density at radius 1 is 1.10 bits per heavy atom. The Morgan fingerprint density at radius 2 is 1.76 bits per heavy atom. The summed E-state index contributed by atoms with van der Waals surface area (Å²) < 4.78 is 5.13. The molecule has 2 amide bonds. The van der Waals surface area contributed by atoms with Crippen molar-refractivity contribution >= 4 is 12.0 Å². The van der Waals surface area contributed by atoms with Crippen LogP contribution in [0.1, 0.15) is 46.5 Å². The molecule has 0 saturated carbocycles. The number of nitrogens with zero attached hydrogens (tertiary/aromatic N) is 1. The SMILES string of the molecule is CC(C)(C)OC(=O)NCCCNCC(=O)N1CCCCC1. The Balaban J connectivity index is 1.99. The molecule has 0 aromatic heterocycles. The van der Waals surface area contributed by atoms with E-state index >= 15 is 0 Å². The molecule has 1 aliphatic heterocycles. The predicted molar refractivity (Wildman–Crippen MR) is 82.2 cm³/mol. The molecular weight excluding hydrogens is 270 g/mol. The zero-order valence-corrected chi connectivity index (χ0v) is 13.5. The molecule has 1 heterocycles. The molecule has 122 valence electrons. The quantitative estimate of drug-likeness (QED) is 0.729. The fourth-order valence-electron chi connectivity index (χ4n) is 2.17. The van der Waals surface area contributed by atoms with Crippen LogP contribution in [0.5, 0.6) is 0 Å². The van der Waals surface area contributed by atoms with Gasteiger partial charge in [0.05, 0.1) is 6.54 Å². The van der Waals surface area contributed by atoms with Gasteiger partial charge in [-0.2, -0.15) is 0 Å². The first kappa shape index (κ1) is 17.8. The monoisotopic (exact) mass is 299 g/mol. The van der Waals surface area contributed by atoms with Gasteiger partial charge < -0.3 is 20.3 Å². The van der Waals surface area contributed by atoms with E-state index in [0.29, 0.717) is 19.6 Å². The van der Waals surface area contributed by atoms with E-state index in [9.17, 15) is 9.59 Å². The standard InChI is InChI=1S/C15H29N3O3/c1-15(2,3)21-14(20)17-9-7-8-16-12-13(19)18-10-5-4-6-11-18/h16H,4-12H2,1-3H3,(H,17,20). The fraction of sp³-hybridized carbons (Fsp3) is 0.867. The van der Waals surface area contributed by atoms with Gasteiger partial charge in [0.25, 0.3) is 0 Å². The van der Waals surface area contributed by atoms with Crippen molar-refractivity contribution in [2.75, 3.05) is 32.7 Å². The van der Waals surface area contributed by atoms with E-state index in [1.807, 2.05) is 25.7 Å². The minimum atomic E-state index is -0.469. The van der Waals surface area contributed by atoms with Crippen molar-refractivity contribution in [1.82, 2.24) is 15.5 Å². The van der Waals surface area contributed by atoms with Gasteiger partial charge in [0, 0.05) is 19.6 Å². The number of piperidine rings is 1. The molecule has 0 atom stereocenters. The van der Waals surface area contributed by atoms with Gasteiger partial charge in [-0.1, -0.05) is 0 Å². The number of carbonyl (C=O) groups is 2. The van der Waals surface area contributed by atoms with Gasteiger partial charge in [0.15, 0.2) is 0 Å². The number of hydrogen-bond donors (Lipinski definition) is 2. The van der Waals surface area contributed by atoms with Crippen molar-refractivity contribution in [2.45, 2.75) is 52.1 Å². The van der Waals surface area contributed by atoms with E-state index in [-0.39, 0.29) is 5.91 Å². The molecule has 6 nitrogen and oxygen atoms in total. The number of nitrogens with one attached hydrogen (secondary N) is 2. The molecule has 1 aliphatic rings. The van der Waals surface area contributed by atoms with Crippen LogP contribution in [0.3, 0.4) is 0 Å². The van der Waals surface area contributed by atoms with E-state index in [1.165, 1.54) is 6.42 Å². The topological polar surface area (TPSA) is 70.7 Å². The number of likely N-dealkylation sites (tertiary alicyclic amines) is 1. The highest BCUT2D eigenvalue weighted by Crippen LogP contribution is 2.08. The van der Waals surface area contributed by atoms with Gasteiger partial charge >= 0.3 is 6.09 Å². The summed E-state index contributed by atoms with van der Waals surface area (Å²) in [5.74, 6) is 0.176. The van der Waals surface area contributed by atoms with Crippen molar-refractivity contribution < 1.29 is 14.3 Å². The summed E-state index contributed by atoms with van der Waals surface area (Å²) in [4.78, 5) is 25.2. The Morgan fingerprint density at radius 3 is 2.38 bits per heavy atom. The molecule has 1 saturated heterocycles. The molecule has 21 heavy (non-hydrogen) atoms. The van der Waals surface area contributed by atoms with Gasteiger partial charge in [-0.25, -0.2) is 4.79 Å². The molecule has 1 fully saturated rings. The van der Waals surface area contributed by atoms with E-state index in [4.69, 9.17) is 4.74 Å². The maximum absolute atomic E-state index is 11.9. The Kier molecular flexibility index (Phi) is 7.50. The highest BCUT2D eigenvalue weighted by molar-refractivity contribution is 5.78. The minimum Gasteiger partial charge on any atom is -0.444 e. The summed E-state index contributed by atoms with van der Waals surface area (Å²) in [6.45, 7) is 8.91. The number of hydrogen-bond acceptors (Lipinski definition) is 4. The normalized spacial score (nSPS) is 15.7. The van der Waals surface area contributed by atoms with Gasteiger partial charge in [-0.05, 0) is 53.0 Å². The molecule has 0 radical (unpaired) electrons. The van der Waals surface area contributed by atoms with Gasteiger partial charge in [-0.3, -0.25) is 4.79 Å². The first-order valence-electron chi connectivity index (χ1n) is 7.84. The molecular formula is C15H29N3O3. The molecule has 1 rings (SSSR count). The molecule has 2 N–H and O–H groups in total. The van der Waals surface area contributed by atoms with Crippen LogP contribution >= 0.6 is 0 Å². The summed E-state index contributed by atoms with van der Waals surface area (Å²) in [7, 11) is 0. The summed E-state index contributed by atoms with van der Waals surface area (Å²) in [6, 6.07) is 0.